The summed E-state index contributed by atoms with van der Waals surface area (Å²) in [7, 11) is 0. The molecule has 4 rings (SSSR count). The Morgan fingerprint density at radius 1 is 0.711 bits per heavy atom. The first-order chi connectivity index (χ1) is 18.4. The predicted molar refractivity (Wildman–Crippen MR) is 148 cm³/mol. The van der Waals surface area contributed by atoms with Gasteiger partial charge in [0, 0.05) is 23.3 Å². The van der Waals surface area contributed by atoms with Crippen LogP contribution in [0.4, 0.5) is 30.2 Å². The monoisotopic (exact) mass is 520 g/mol. The minimum atomic E-state index is -4.52. The van der Waals surface area contributed by atoms with Gasteiger partial charge in [-0.15, -0.1) is 0 Å². The fraction of sp³-hybridized carbons (Fsp3) is 0.355. The van der Waals surface area contributed by atoms with Crippen molar-refractivity contribution in [2.24, 2.45) is 0 Å². The van der Waals surface area contributed by atoms with E-state index in [0.717, 1.165) is 48.8 Å². The van der Waals surface area contributed by atoms with Gasteiger partial charge in [0.2, 0.25) is 0 Å². The minimum absolute atomic E-state index is 0.219. The van der Waals surface area contributed by atoms with Crippen molar-refractivity contribution in [3.8, 4) is 11.4 Å². The van der Waals surface area contributed by atoms with E-state index in [1.807, 2.05) is 6.07 Å². The molecule has 0 saturated carbocycles. The topological polar surface area (TPSA) is 44.8 Å². The SMILES string of the molecule is CCCCCc1ccc(N(c2ccc(CCCCC)cc2)c2ccnc(-c3cc(C(F)(F)F)n[nH]3)c2)cc1. The van der Waals surface area contributed by atoms with Gasteiger partial charge in [-0.05, 0) is 79.3 Å². The van der Waals surface area contributed by atoms with Gasteiger partial charge in [0.15, 0.2) is 5.69 Å². The highest BCUT2D eigenvalue weighted by Crippen LogP contribution is 2.37. The molecule has 0 bridgehead atoms. The first-order valence-electron chi connectivity index (χ1n) is 13.5. The summed E-state index contributed by atoms with van der Waals surface area (Å²) in [4.78, 5) is 6.43. The van der Waals surface area contributed by atoms with Gasteiger partial charge in [-0.25, -0.2) is 0 Å². The number of aromatic nitrogens is 3. The van der Waals surface area contributed by atoms with Gasteiger partial charge in [0.1, 0.15) is 0 Å². The molecular formula is C31H35F3N4. The Balaban J connectivity index is 1.67. The Kier molecular flexibility index (Phi) is 9.21. The maximum absolute atomic E-state index is 13.1. The zero-order valence-corrected chi connectivity index (χ0v) is 22.1. The maximum Gasteiger partial charge on any atom is 0.435 e. The summed E-state index contributed by atoms with van der Waals surface area (Å²) in [6, 6.07) is 21.7. The Labute approximate surface area is 222 Å². The van der Waals surface area contributed by atoms with Crippen molar-refractivity contribution < 1.29 is 13.2 Å². The molecule has 38 heavy (non-hydrogen) atoms. The molecule has 0 aliphatic heterocycles. The van der Waals surface area contributed by atoms with Crippen LogP contribution >= 0.6 is 0 Å². The molecule has 0 radical (unpaired) electrons. The van der Waals surface area contributed by atoms with Crippen molar-refractivity contribution >= 4 is 17.1 Å². The molecule has 1 N–H and O–H groups in total. The summed E-state index contributed by atoms with van der Waals surface area (Å²) < 4.78 is 39.4. The van der Waals surface area contributed by atoms with Crippen LogP contribution in [0.3, 0.4) is 0 Å². The first kappa shape index (κ1) is 27.4. The molecule has 7 heteroatoms. The number of anilines is 3. The predicted octanol–water partition coefficient (Wildman–Crippen LogP) is 9.43. The van der Waals surface area contributed by atoms with E-state index in [9.17, 15) is 13.2 Å². The van der Waals surface area contributed by atoms with Crippen LogP contribution in [0.15, 0.2) is 72.9 Å². The number of rotatable bonds is 12. The number of hydrogen-bond donors (Lipinski definition) is 1. The number of nitrogens with one attached hydrogen (secondary N) is 1. The number of unbranched alkanes of at least 4 members (excludes halogenated alkanes) is 4. The van der Waals surface area contributed by atoms with E-state index in [-0.39, 0.29) is 5.69 Å². The number of aryl methyl sites for hydroxylation is 2. The van der Waals surface area contributed by atoms with Gasteiger partial charge >= 0.3 is 6.18 Å². The summed E-state index contributed by atoms with van der Waals surface area (Å²) in [5.74, 6) is 0. The van der Waals surface area contributed by atoms with Crippen molar-refractivity contribution in [3.63, 3.8) is 0 Å². The summed E-state index contributed by atoms with van der Waals surface area (Å²) in [5, 5.41) is 5.92. The highest BCUT2D eigenvalue weighted by atomic mass is 19.4. The van der Waals surface area contributed by atoms with Crippen LogP contribution in [0.1, 0.15) is 69.2 Å². The normalized spacial score (nSPS) is 11.6. The number of aromatic amines is 1. The highest BCUT2D eigenvalue weighted by molar-refractivity contribution is 5.78. The quantitative estimate of drug-likeness (QED) is 0.189. The van der Waals surface area contributed by atoms with E-state index in [0.29, 0.717) is 5.69 Å². The number of pyridine rings is 1. The fourth-order valence-corrected chi connectivity index (χ4v) is 4.53. The summed E-state index contributed by atoms with van der Waals surface area (Å²) in [6.45, 7) is 4.40. The number of halogens is 3. The summed E-state index contributed by atoms with van der Waals surface area (Å²) in [6.07, 6.45) is 6.30. The molecule has 2 aromatic carbocycles. The maximum atomic E-state index is 13.1. The van der Waals surface area contributed by atoms with Gasteiger partial charge in [0.05, 0.1) is 11.4 Å². The third-order valence-electron chi connectivity index (χ3n) is 6.67. The fourth-order valence-electron chi connectivity index (χ4n) is 4.53. The molecule has 0 saturated heterocycles. The Hall–Kier alpha value is -3.61. The molecule has 0 aliphatic rings. The number of benzene rings is 2. The lowest BCUT2D eigenvalue weighted by Crippen LogP contribution is -2.10. The lowest BCUT2D eigenvalue weighted by Gasteiger charge is -2.26. The molecule has 200 valence electrons. The van der Waals surface area contributed by atoms with Crippen LogP contribution in [0, 0.1) is 0 Å². The Morgan fingerprint density at radius 2 is 1.26 bits per heavy atom. The molecule has 0 amide bonds. The largest absolute Gasteiger partial charge is 0.435 e. The second-order valence-electron chi connectivity index (χ2n) is 9.65. The molecule has 0 unspecified atom stereocenters. The molecule has 4 nitrogen and oxygen atoms in total. The van der Waals surface area contributed by atoms with E-state index in [1.165, 1.54) is 36.8 Å². The van der Waals surface area contributed by atoms with Gasteiger partial charge in [-0.1, -0.05) is 63.8 Å². The van der Waals surface area contributed by atoms with Crippen LogP contribution in [0.25, 0.3) is 11.4 Å². The van der Waals surface area contributed by atoms with Gasteiger partial charge < -0.3 is 4.90 Å². The minimum Gasteiger partial charge on any atom is -0.310 e. The van der Waals surface area contributed by atoms with E-state index >= 15 is 0 Å². The molecule has 0 aliphatic carbocycles. The molecule has 4 aromatic rings. The zero-order valence-electron chi connectivity index (χ0n) is 22.1. The third kappa shape index (κ3) is 7.03. The van der Waals surface area contributed by atoms with E-state index in [1.54, 1.807) is 12.3 Å². The van der Waals surface area contributed by atoms with Crippen molar-refractivity contribution in [1.82, 2.24) is 15.2 Å². The summed E-state index contributed by atoms with van der Waals surface area (Å²) >= 11 is 0. The highest BCUT2D eigenvalue weighted by Gasteiger charge is 2.34. The number of nitrogens with zero attached hydrogens (tertiary/aromatic N) is 3. The lowest BCUT2D eigenvalue weighted by atomic mass is 10.0. The number of alkyl halides is 3. The van der Waals surface area contributed by atoms with E-state index < -0.39 is 11.9 Å². The first-order valence-corrected chi connectivity index (χ1v) is 13.5. The van der Waals surface area contributed by atoms with Crippen LogP contribution < -0.4 is 4.90 Å². The van der Waals surface area contributed by atoms with Crippen LogP contribution in [-0.4, -0.2) is 15.2 Å². The van der Waals surface area contributed by atoms with Crippen molar-refractivity contribution in [3.05, 3.63) is 89.7 Å². The lowest BCUT2D eigenvalue weighted by molar-refractivity contribution is -0.141. The van der Waals surface area contributed by atoms with Gasteiger partial charge in [0.25, 0.3) is 0 Å². The van der Waals surface area contributed by atoms with Crippen molar-refractivity contribution in [1.29, 1.82) is 0 Å². The van der Waals surface area contributed by atoms with Crippen molar-refractivity contribution in [2.75, 3.05) is 4.90 Å². The smallest absolute Gasteiger partial charge is 0.310 e. The number of H-pyrrole nitrogens is 1. The average Bonchev–Trinajstić information content (AvgIpc) is 3.43. The molecule has 2 aromatic heterocycles. The zero-order chi connectivity index (χ0) is 27.0. The molecule has 2 heterocycles. The Morgan fingerprint density at radius 3 is 1.74 bits per heavy atom. The average molecular weight is 521 g/mol. The third-order valence-corrected chi connectivity index (χ3v) is 6.67. The molecule has 0 spiro atoms. The second kappa shape index (κ2) is 12.8. The summed E-state index contributed by atoms with van der Waals surface area (Å²) in [5.41, 5.74) is 4.98. The Bertz CT molecular complexity index is 1220. The van der Waals surface area contributed by atoms with E-state index in [2.05, 4.69) is 82.5 Å². The van der Waals surface area contributed by atoms with Gasteiger partial charge in [-0.2, -0.15) is 18.3 Å². The van der Waals surface area contributed by atoms with Gasteiger partial charge in [-0.3, -0.25) is 10.1 Å². The molecular weight excluding hydrogens is 485 g/mol. The molecule has 0 atom stereocenters. The number of hydrogen-bond acceptors (Lipinski definition) is 3. The van der Waals surface area contributed by atoms with Crippen LogP contribution in [-0.2, 0) is 19.0 Å². The van der Waals surface area contributed by atoms with Crippen LogP contribution in [0.5, 0.6) is 0 Å². The van der Waals surface area contributed by atoms with Crippen molar-refractivity contribution in [2.45, 2.75) is 71.4 Å². The molecule has 0 fully saturated rings. The second-order valence-corrected chi connectivity index (χ2v) is 9.65. The standard InChI is InChI=1S/C31H35F3N4/c1-3-5-7-9-23-11-15-25(16-12-23)38(26-17-13-24(14-18-26)10-8-6-4-2)27-19-20-35-28(21-27)29-22-30(37-36-29)31(32,33)34/h11-22H,3-10H2,1-2H3,(H,36,37). The van der Waals surface area contributed by atoms with E-state index in [4.69, 9.17) is 0 Å². The van der Waals surface area contributed by atoms with Crippen LogP contribution in [0.2, 0.25) is 0 Å².